The first kappa shape index (κ1) is 17.3. The monoisotopic (exact) mass is 251 g/mol. The molecule has 0 aromatic rings. The molecule has 1 atom stereocenters. The summed E-state index contributed by atoms with van der Waals surface area (Å²) in [6, 6.07) is 0. The molecule has 0 aliphatic heterocycles. The Balaban J connectivity index is 0. The summed E-state index contributed by atoms with van der Waals surface area (Å²) in [4.78, 5) is 22.0. The second-order valence-electron chi connectivity index (χ2n) is 3.32. The molecule has 3 N–H and O–H groups in total. The molecule has 5 nitrogen and oxygen atoms in total. The van der Waals surface area contributed by atoms with Crippen molar-refractivity contribution >= 4 is 24.3 Å². The third-order valence-corrected chi connectivity index (χ3v) is 2.14. The molecule has 0 spiro atoms. The van der Waals surface area contributed by atoms with E-state index in [0.29, 0.717) is 6.42 Å². The van der Waals surface area contributed by atoms with Crippen molar-refractivity contribution < 1.29 is 19.4 Å². The van der Waals surface area contributed by atoms with Crippen molar-refractivity contribution in [1.82, 2.24) is 0 Å². The molecule has 0 aliphatic rings. The quantitative estimate of drug-likeness (QED) is 0.545. The lowest BCUT2D eigenvalue weighted by Crippen LogP contribution is -2.49. The fourth-order valence-corrected chi connectivity index (χ4v) is 1.07. The van der Waals surface area contributed by atoms with Gasteiger partial charge in [-0.15, -0.1) is 12.4 Å². The maximum absolute atomic E-state index is 11.5. The van der Waals surface area contributed by atoms with E-state index in [2.05, 4.69) is 6.58 Å². The van der Waals surface area contributed by atoms with Crippen LogP contribution >= 0.6 is 12.4 Å². The Hall–Kier alpha value is -1.07. The molecule has 6 heteroatoms. The fraction of sp³-hybridized carbons (Fsp3) is 0.600. The van der Waals surface area contributed by atoms with Crippen molar-refractivity contribution in [2.24, 2.45) is 5.73 Å². The summed E-state index contributed by atoms with van der Waals surface area (Å²) < 4.78 is 4.78. The van der Waals surface area contributed by atoms with Crippen molar-refractivity contribution in [3.05, 3.63) is 12.2 Å². The zero-order valence-electron chi connectivity index (χ0n) is 9.49. The van der Waals surface area contributed by atoms with Crippen LogP contribution in [0.5, 0.6) is 0 Å². The van der Waals surface area contributed by atoms with Crippen LogP contribution < -0.4 is 5.73 Å². The first-order chi connectivity index (χ1) is 6.87. The lowest BCUT2D eigenvalue weighted by Gasteiger charge is -2.25. The van der Waals surface area contributed by atoms with Crippen LogP contribution in [0.15, 0.2) is 12.2 Å². The Morgan fingerprint density at radius 1 is 1.44 bits per heavy atom. The van der Waals surface area contributed by atoms with Gasteiger partial charge in [0.2, 0.25) is 0 Å². The molecular weight excluding hydrogens is 234 g/mol. The minimum atomic E-state index is -1.29. The van der Waals surface area contributed by atoms with Gasteiger partial charge in [-0.05, 0) is 13.3 Å². The maximum Gasteiger partial charge on any atom is 0.331 e. The predicted molar refractivity (Wildman–Crippen MR) is 62.5 cm³/mol. The molecule has 0 amide bonds. The normalized spacial score (nSPS) is 13.2. The van der Waals surface area contributed by atoms with E-state index in [-0.39, 0.29) is 31.0 Å². The predicted octanol–water partition coefficient (Wildman–Crippen LogP) is 1.11. The lowest BCUT2D eigenvalue weighted by atomic mass is 9.89. The summed E-state index contributed by atoms with van der Waals surface area (Å²) in [6.07, 6.45) is 0.204. The molecule has 0 saturated heterocycles. The fourth-order valence-electron chi connectivity index (χ4n) is 1.07. The molecule has 0 heterocycles. The molecule has 94 valence electrons. The number of rotatable bonds is 6. The van der Waals surface area contributed by atoms with Crippen LogP contribution in [0.25, 0.3) is 0 Å². The largest absolute Gasteiger partial charge is 0.478 e. The third kappa shape index (κ3) is 4.63. The van der Waals surface area contributed by atoms with E-state index in [1.165, 1.54) is 0 Å². The molecule has 0 radical (unpaired) electrons. The third-order valence-electron chi connectivity index (χ3n) is 2.14. The van der Waals surface area contributed by atoms with E-state index >= 15 is 0 Å². The topological polar surface area (TPSA) is 89.6 Å². The van der Waals surface area contributed by atoms with E-state index < -0.39 is 17.5 Å². The number of carbonyl (C=O) groups is 2. The highest BCUT2D eigenvalue weighted by Gasteiger charge is 2.35. The van der Waals surface area contributed by atoms with E-state index in [1.807, 2.05) is 0 Å². The van der Waals surface area contributed by atoms with Gasteiger partial charge in [-0.2, -0.15) is 0 Å². The Kier molecular flexibility index (Phi) is 7.85. The molecule has 0 saturated carbocycles. The van der Waals surface area contributed by atoms with Crippen LogP contribution in [0.4, 0.5) is 0 Å². The summed E-state index contributed by atoms with van der Waals surface area (Å²) >= 11 is 0. The maximum atomic E-state index is 11.5. The molecule has 0 rings (SSSR count). The first-order valence-electron chi connectivity index (χ1n) is 4.74. The van der Waals surface area contributed by atoms with Crippen LogP contribution in [0.3, 0.4) is 0 Å². The minimum absolute atomic E-state index is 0. The van der Waals surface area contributed by atoms with Gasteiger partial charge in [0.1, 0.15) is 5.54 Å². The van der Waals surface area contributed by atoms with Gasteiger partial charge in [0.25, 0.3) is 0 Å². The summed E-state index contributed by atoms with van der Waals surface area (Å²) in [5.41, 5.74) is 4.39. The van der Waals surface area contributed by atoms with Gasteiger partial charge in [0, 0.05) is 12.0 Å². The smallest absolute Gasteiger partial charge is 0.331 e. The summed E-state index contributed by atoms with van der Waals surface area (Å²) in [6.45, 7) is 6.93. The standard InChI is InChI=1S/C10H17NO4.ClH/c1-4-10(11,9(14)15-5-2)6-7(3)8(12)13;/h3-6,11H2,1-2H3,(H,12,13);1H. The number of esters is 1. The molecule has 16 heavy (non-hydrogen) atoms. The van der Waals surface area contributed by atoms with Gasteiger partial charge in [0.05, 0.1) is 6.61 Å². The Morgan fingerprint density at radius 3 is 2.25 bits per heavy atom. The number of hydrogen-bond acceptors (Lipinski definition) is 4. The molecule has 1 unspecified atom stereocenters. The highest BCUT2D eigenvalue weighted by Crippen LogP contribution is 2.18. The van der Waals surface area contributed by atoms with Crippen LogP contribution in [-0.2, 0) is 14.3 Å². The zero-order valence-corrected chi connectivity index (χ0v) is 10.3. The Bertz CT molecular complexity index is 280. The van der Waals surface area contributed by atoms with Crippen LogP contribution in [0.2, 0.25) is 0 Å². The van der Waals surface area contributed by atoms with E-state index in [4.69, 9.17) is 15.6 Å². The number of carboxylic acid groups (broad SMARTS) is 1. The Labute approximate surface area is 101 Å². The van der Waals surface area contributed by atoms with E-state index in [9.17, 15) is 9.59 Å². The van der Waals surface area contributed by atoms with Gasteiger partial charge < -0.3 is 15.6 Å². The number of aliphatic carboxylic acids is 1. The molecule has 0 aromatic heterocycles. The first-order valence-corrected chi connectivity index (χ1v) is 4.74. The average molecular weight is 252 g/mol. The Morgan fingerprint density at radius 2 is 1.94 bits per heavy atom. The number of ether oxygens (including phenoxy) is 1. The van der Waals surface area contributed by atoms with Crippen LogP contribution in [0, 0.1) is 0 Å². The van der Waals surface area contributed by atoms with Gasteiger partial charge in [-0.3, -0.25) is 4.79 Å². The van der Waals surface area contributed by atoms with Crippen molar-refractivity contribution in [3.8, 4) is 0 Å². The van der Waals surface area contributed by atoms with Gasteiger partial charge >= 0.3 is 11.9 Å². The summed E-state index contributed by atoms with van der Waals surface area (Å²) in [5.74, 6) is -1.74. The zero-order chi connectivity index (χ0) is 12.1. The number of halogens is 1. The van der Waals surface area contributed by atoms with Crippen molar-refractivity contribution in [2.45, 2.75) is 32.2 Å². The minimum Gasteiger partial charge on any atom is -0.478 e. The number of carbonyl (C=O) groups excluding carboxylic acids is 1. The second kappa shape index (κ2) is 7.24. The van der Waals surface area contributed by atoms with Crippen molar-refractivity contribution in [1.29, 1.82) is 0 Å². The molecular formula is C10H18ClNO4. The van der Waals surface area contributed by atoms with E-state index in [0.717, 1.165) is 0 Å². The molecule has 0 bridgehead atoms. The summed E-state index contributed by atoms with van der Waals surface area (Å²) in [5, 5.41) is 8.65. The van der Waals surface area contributed by atoms with Crippen LogP contribution in [-0.4, -0.2) is 29.2 Å². The number of carboxylic acids is 1. The van der Waals surface area contributed by atoms with Gasteiger partial charge in [-0.25, -0.2) is 4.79 Å². The van der Waals surface area contributed by atoms with Gasteiger partial charge in [-0.1, -0.05) is 13.5 Å². The van der Waals surface area contributed by atoms with Crippen LogP contribution in [0.1, 0.15) is 26.7 Å². The van der Waals surface area contributed by atoms with Crippen molar-refractivity contribution in [3.63, 3.8) is 0 Å². The molecule has 0 aromatic carbocycles. The SMILES string of the molecule is C=C(CC(N)(CC)C(=O)OCC)C(=O)O.Cl. The average Bonchev–Trinajstić information content (AvgIpc) is 2.17. The lowest BCUT2D eigenvalue weighted by molar-refractivity contribution is -0.149. The molecule has 0 fully saturated rings. The number of nitrogens with two attached hydrogens (primary N) is 1. The van der Waals surface area contributed by atoms with E-state index in [1.54, 1.807) is 13.8 Å². The number of hydrogen-bond donors (Lipinski definition) is 2. The van der Waals surface area contributed by atoms with Crippen molar-refractivity contribution in [2.75, 3.05) is 6.61 Å². The summed E-state index contributed by atoms with van der Waals surface area (Å²) in [7, 11) is 0. The highest BCUT2D eigenvalue weighted by atomic mass is 35.5. The molecule has 0 aliphatic carbocycles. The highest BCUT2D eigenvalue weighted by molar-refractivity contribution is 5.89. The second-order valence-corrected chi connectivity index (χ2v) is 3.32. The van der Waals surface area contributed by atoms with Gasteiger partial charge in [0.15, 0.2) is 0 Å².